The van der Waals surface area contributed by atoms with E-state index in [9.17, 15) is 9.59 Å². The molecule has 0 saturated carbocycles. The van der Waals surface area contributed by atoms with E-state index in [1.54, 1.807) is 19.1 Å². The minimum Gasteiger partial charge on any atom is -0.497 e. The molecular weight excluding hydrogens is 382 g/mol. The molecule has 0 bridgehead atoms. The topological polar surface area (TPSA) is 79.9 Å². The first-order valence-electron chi connectivity index (χ1n) is 10.1. The van der Waals surface area contributed by atoms with Gasteiger partial charge in [0.25, 0.3) is 0 Å². The van der Waals surface area contributed by atoms with Crippen LogP contribution in [-0.4, -0.2) is 50.7 Å². The maximum Gasteiger partial charge on any atom is 0.317 e. The van der Waals surface area contributed by atoms with Gasteiger partial charge in [-0.25, -0.2) is 4.79 Å². The van der Waals surface area contributed by atoms with E-state index in [2.05, 4.69) is 10.6 Å². The molecule has 2 aromatic rings. The predicted molar refractivity (Wildman–Crippen MR) is 115 cm³/mol. The van der Waals surface area contributed by atoms with Gasteiger partial charge in [0.05, 0.1) is 20.1 Å². The molecule has 1 aliphatic rings. The molecule has 1 heterocycles. The van der Waals surface area contributed by atoms with Crippen LogP contribution >= 0.6 is 0 Å². The summed E-state index contributed by atoms with van der Waals surface area (Å²) >= 11 is 0. The number of carbonyl (C=O) groups excluding carboxylic acids is 2. The summed E-state index contributed by atoms with van der Waals surface area (Å²) in [4.78, 5) is 27.3. The van der Waals surface area contributed by atoms with E-state index in [1.807, 2.05) is 55.5 Å². The molecule has 7 nitrogen and oxygen atoms in total. The third-order valence-electron chi connectivity index (χ3n) is 5.42. The molecule has 3 rings (SSSR count). The summed E-state index contributed by atoms with van der Waals surface area (Å²) < 4.78 is 10.9. The van der Waals surface area contributed by atoms with Crippen molar-refractivity contribution in [3.63, 3.8) is 0 Å². The van der Waals surface area contributed by atoms with E-state index in [4.69, 9.17) is 9.47 Å². The molecule has 2 atom stereocenters. The Balaban J connectivity index is 1.85. The van der Waals surface area contributed by atoms with Gasteiger partial charge in [-0.2, -0.15) is 0 Å². The number of carbonyl (C=O) groups is 2. The fraction of sp³-hybridized carbons (Fsp3) is 0.391. The molecule has 0 radical (unpaired) electrons. The first-order valence-corrected chi connectivity index (χ1v) is 10.1. The van der Waals surface area contributed by atoms with Crippen molar-refractivity contribution in [1.29, 1.82) is 0 Å². The Labute approximate surface area is 177 Å². The Morgan fingerprint density at radius 3 is 2.47 bits per heavy atom. The van der Waals surface area contributed by atoms with E-state index in [-0.39, 0.29) is 17.9 Å². The lowest BCUT2D eigenvalue weighted by molar-refractivity contribution is -0.125. The molecule has 160 valence electrons. The third kappa shape index (κ3) is 4.84. The van der Waals surface area contributed by atoms with Gasteiger partial charge >= 0.3 is 6.03 Å². The van der Waals surface area contributed by atoms with Crippen LogP contribution in [0.1, 0.15) is 24.0 Å². The largest absolute Gasteiger partial charge is 0.497 e. The van der Waals surface area contributed by atoms with Crippen molar-refractivity contribution in [3.05, 3.63) is 59.7 Å². The molecule has 1 aliphatic heterocycles. The van der Waals surface area contributed by atoms with E-state index in [1.165, 1.54) is 0 Å². The minimum absolute atomic E-state index is 0.0828. The maximum atomic E-state index is 13.1. The van der Waals surface area contributed by atoms with Gasteiger partial charge in [-0.3, -0.25) is 4.79 Å². The monoisotopic (exact) mass is 411 g/mol. The molecule has 2 N–H and O–H groups in total. The highest BCUT2D eigenvalue weighted by molar-refractivity contribution is 5.83. The van der Waals surface area contributed by atoms with Gasteiger partial charge in [0, 0.05) is 37.7 Å². The second-order valence-corrected chi connectivity index (χ2v) is 7.26. The smallest absolute Gasteiger partial charge is 0.317 e. The van der Waals surface area contributed by atoms with Gasteiger partial charge in [-0.1, -0.05) is 30.3 Å². The lowest BCUT2D eigenvalue weighted by Crippen LogP contribution is -2.39. The van der Waals surface area contributed by atoms with Crippen molar-refractivity contribution < 1.29 is 19.1 Å². The van der Waals surface area contributed by atoms with Crippen molar-refractivity contribution in [2.45, 2.75) is 19.4 Å². The number of amides is 3. The molecule has 1 fully saturated rings. The number of likely N-dealkylation sites (tertiary alicyclic amines) is 1. The van der Waals surface area contributed by atoms with Crippen molar-refractivity contribution in [2.75, 3.05) is 33.9 Å². The predicted octanol–water partition coefficient (Wildman–Crippen LogP) is 2.77. The highest BCUT2D eigenvalue weighted by Crippen LogP contribution is 2.39. The van der Waals surface area contributed by atoms with Crippen LogP contribution in [0.5, 0.6) is 11.5 Å². The van der Waals surface area contributed by atoms with Gasteiger partial charge in [-0.05, 0) is 30.7 Å². The summed E-state index contributed by atoms with van der Waals surface area (Å²) in [5, 5.41) is 5.86. The number of hydrogen-bond acceptors (Lipinski definition) is 4. The number of benzene rings is 2. The van der Waals surface area contributed by atoms with Crippen LogP contribution in [0.2, 0.25) is 0 Å². The third-order valence-corrected chi connectivity index (χ3v) is 5.42. The Morgan fingerprint density at radius 1 is 1.03 bits per heavy atom. The minimum atomic E-state index is -0.391. The van der Waals surface area contributed by atoms with Gasteiger partial charge in [-0.15, -0.1) is 0 Å². The van der Waals surface area contributed by atoms with Crippen molar-refractivity contribution >= 4 is 11.9 Å². The molecule has 30 heavy (non-hydrogen) atoms. The molecule has 2 unspecified atom stereocenters. The normalized spacial score (nSPS) is 18.0. The fourth-order valence-electron chi connectivity index (χ4n) is 3.86. The van der Waals surface area contributed by atoms with Gasteiger partial charge in [0.1, 0.15) is 11.5 Å². The number of urea groups is 1. The van der Waals surface area contributed by atoms with Crippen LogP contribution < -0.4 is 20.1 Å². The molecule has 0 aliphatic carbocycles. The van der Waals surface area contributed by atoms with Gasteiger partial charge in [0.2, 0.25) is 5.91 Å². The second-order valence-electron chi connectivity index (χ2n) is 7.26. The lowest BCUT2D eigenvalue weighted by atomic mass is 9.87. The van der Waals surface area contributed by atoms with Crippen molar-refractivity contribution in [1.82, 2.24) is 15.5 Å². The Kier molecular flexibility index (Phi) is 7.17. The number of nitrogens with zero attached hydrogens (tertiary/aromatic N) is 1. The van der Waals surface area contributed by atoms with Crippen LogP contribution in [-0.2, 0) is 11.3 Å². The molecule has 3 amide bonds. The highest BCUT2D eigenvalue weighted by Gasteiger charge is 2.41. The van der Waals surface area contributed by atoms with Crippen LogP contribution in [0, 0.1) is 5.92 Å². The molecule has 0 aromatic heterocycles. The van der Waals surface area contributed by atoms with Gasteiger partial charge < -0.3 is 25.0 Å². The maximum absolute atomic E-state index is 13.1. The van der Waals surface area contributed by atoms with Crippen LogP contribution in [0.4, 0.5) is 4.79 Å². The SMILES string of the molecule is CCNC(=O)N1CC(C(=O)NCc2ccccc2)C(c2cc(OC)ccc2OC)C1. The van der Waals surface area contributed by atoms with Crippen molar-refractivity contribution in [2.24, 2.45) is 5.92 Å². The highest BCUT2D eigenvalue weighted by atomic mass is 16.5. The van der Waals surface area contributed by atoms with E-state index >= 15 is 0 Å². The van der Waals surface area contributed by atoms with Crippen LogP contribution in [0.15, 0.2) is 48.5 Å². The number of hydrogen-bond donors (Lipinski definition) is 2. The molecule has 7 heteroatoms. The molecule has 2 aromatic carbocycles. The van der Waals surface area contributed by atoms with Crippen LogP contribution in [0.3, 0.4) is 0 Å². The average molecular weight is 412 g/mol. The number of ether oxygens (including phenoxy) is 2. The quantitative estimate of drug-likeness (QED) is 0.734. The Hall–Kier alpha value is -3.22. The Bertz CT molecular complexity index is 872. The fourth-order valence-corrected chi connectivity index (χ4v) is 3.86. The van der Waals surface area contributed by atoms with Crippen molar-refractivity contribution in [3.8, 4) is 11.5 Å². The summed E-state index contributed by atoms with van der Waals surface area (Å²) in [6.45, 7) is 3.63. The van der Waals surface area contributed by atoms with E-state index < -0.39 is 5.92 Å². The summed E-state index contributed by atoms with van der Waals surface area (Å²) in [5.74, 6) is 0.691. The first kappa shape index (κ1) is 21.5. The van der Waals surface area contributed by atoms with Crippen LogP contribution in [0.25, 0.3) is 0 Å². The standard InChI is InChI=1S/C23H29N3O4/c1-4-24-23(28)26-14-19(18-12-17(29-2)10-11-21(18)30-3)20(15-26)22(27)25-13-16-8-6-5-7-9-16/h5-12,19-20H,4,13-15H2,1-3H3,(H,24,28)(H,25,27). The number of rotatable bonds is 7. The molecule has 0 spiro atoms. The lowest BCUT2D eigenvalue weighted by Gasteiger charge is -2.21. The zero-order valence-corrected chi connectivity index (χ0v) is 17.7. The van der Waals surface area contributed by atoms with Gasteiger partial charge in [0.15, 0.2) is 0 Å². The summed E-state index contributed by atoms with van der Waals surface area (Å²) in [6, 6.07) is 15.2. The average Bonchev–Trinajstić information content (AvgIpc) is 3.23. The number of methoxy groups -OCH3 is 2. The Morgan fingerprint density at radius 2 is 1.80 bits per heavy atom. The summed E-state index contributed by atoms with van der Waals surface area (Å²) in [7, 11) is 3.21. The van der Waals surface area contributed by atoms with E-state index in [0.29, 0.717) is 37.7 Å². The molecular formula is C23H29N3O4. The first-order chi connectivity index (χ1) is 14.6. The summed E-state index contributed by atoms with van der Waals surface area (Å²) in [5.41, 5.74) is 1.89. The number of nitrogens with one attached hydrogen (secondary N) is 2. The van der Waals surface area contributed by atoms with E-state index in [0.717, 1.165) is 11.1 Å². The molecule has 1 saturated heterocycles. The zero-order valence-electron chi connectivity index (χ0n) is 17.7. The zero-order chi connectivity index (χ0) is 21.5. The second kappa shape index (κ2) is 10.0. The summed E-state index contributed by atoms with van der Waals surface area (Å²) in [6.07, 6.45) is 0.